The third kappa shape index (κ3) is 6.44. The van der Waals surface area contributed by atoms with Crippen LogP contribution in [0.3, 0.4) is 0 Å². The van der Waals surface area contributed by atoms with Gasteiger partial charge in [0.05, 0.1) is 17.1 Å². The molecule has 0 saturated carbocycles. The number of carbonyl (C=O) groups excluding carboxylic acids is 1. The van der Waals surface area contributed by atoms with Crippen molar-refractivity contribution in [2.24, 2.45) is 0 Å². The molecule has 1 aromatic heterocycles. The van der Waals surface area contributed by atoms with Crippen LogP contribution in [-0.4, -0.2) is 35.9 Å². The number of aromatic nitrogens is 1. The first-order valence-corrected chi connectivity index (χ1v) is 7.51. The number of rotatable bonds is 5. The van der Waals surface area contributed by atoms with Crippen LogP contribution in [0.1, 0.15) is 22.5 Å². The maximum absolute atomic E-state index is 13.3. The Labute approximate surface area is 144 Å². The Balaban J connectivity index is 0.000000351. The van der Waals surface area contributed by atoms with Gasteiger partial charge in [0.25, 0.3) is 0 Å². The van der Waals surface area contributed by atoms with Crippen molar-refractivity contribution in [3.8, 4) is 11.3 Å². The Hall–Kier alpha value is -2.31. The van der Waals surface area contributed by atoms with Gasteiger partial charge >= 0.3 is 5.97 Å². The van der Waals surface area contributed by atoms with Crippen LogP contribution >= 0.6 is 11.6 Å². The van der Waals surface area contributed by atoms with Crippen LogP contribution in [0.4, 0.5) is 4.39 Å². The molecule has 0 aliphatic heterocycles. The van der Waals surface area contributed by atoms with Crippen molar-refractivity contribution in [1.29, 1.82) is 0 Å². The first-order chi connectivity index (χ1) is 11.4. The summed E-state index contributed by atoms with van der Waals surface area (Å²) in [4.78, 5) is 24.6. The van der Waals surface area contributed by atoms with Gasteiger partial charge in [0, 0.05) is 23.4 Å². The third-order valence-corrected chi connectivity index (χ3v) is 3.21. The number of carbonyl (C=O) groups is 2. The first-order valence-electron chi connectivity index (χ1n) is 7.13. The highest BCUT2D eigenvalue weighted by Crippen LogP contribution is 2.27. The summed E-state index contributed by atoms with van der Waals surface area (Å²) in [6.07, 6.45) is 0.798. The van der Waals surface area contributed by atoms with Gasteiger partial charge in [0.2, 0.25) is 0 Å². The number of aryl methyl sites for hydroxylation is 1. The second-order valence-corrected chi connectivity index (χ2v) is 5.33. The number of aldehydes is 1. The molecule has 1 heterocycles. The Morgan fingerprint density at radius 3 is 2.62 bits per heavy atom. The van der Waals surface area contributed by atoms with Crippen molar-refractivity contribution in [2.45, 2.75) is 13.3 Å². The van der Waals surface area contributed by atoms with E-state index in [1.165, 1.54) is 12.1 Å². The number of hydrogen-bond acceptors (Lipinski definition) is 4. The number of pyridine rings is 1. The van der Waals surface area contributed by atoms with Gasteiger partial charge in [-0.25, -0.2) is 4.39 Å². The monoisotopic (exact) mass is 352 g/mol. The predicted molar refractivity (Wildman–Crippen MR) is 90.9 cm³/mol. The van der Waals surface area contributed by atoms with Crippen LogP contribution in [-0.2, 0) is 4.79 Å². The molecule has 0 aliphatic rings. The lowest BCUT2D eigenvalue weighted by atomic mass is 10.1. The van der Waals surface area contributed by atoms with Crippen LogP contribution in [0.2, 0.25) is 5.02 Å². The van der Waals surface area contributed by atoms with Crippen molar-refractivity contribution >= 4 is 23.9 Å². The molecular weight excluding hydrogens is 335 g/mol. The lowest BCUT2D eigenvalue weighted by molar-refractivity contribution is -0.136. The molecule has 24 heavy (non-hydrogen) atoms. The second kappa shape index (κ2) is 9.75. The van der Waals surface area contributed by atoms with Gasteiger partial charge in [-0.3, -0.25) is 14.6 Å². The van der Waals surface area contributed by atoms with Gasteiger partial charge in [-0.15, -0.1) is 0 Å². The van der Waals surface area contributed by atoms with E-state index in [2.05, 4.69) is 10.3 Å². The van der Waals surface area contributed by atoms with Crippen LogP contribution < -0.4 is 5.32 Å². The first kappa shape index (κ1) is 19.7. The summed E-state index contributed by atoms with van der Waals surface area (Å²) in [5.41, 5.74) is 2.02. The molecule has 0 spiro atoms. The van der Waals surface area contributed by atoms with Crippen molar-refractivity contribution in [3.63, 3.8) is 0 Å². The van der Waals surface area contributed by atoms with Gasteiger partial charge in [-0.2, -0.15) is 0 Å². The topological polar surface area (TPSA) is 79.3 Å². The van der Waals surface area contributed by atoms with Gasteiger partial charge in [0.15, 0.2) is 0 Å². The number of benzene rings is 1. The quantitative estimate of drug-likeness (QED) is 0.807. The highest BCUT2D eigenvalue weighted by atomic mass is 35.5. The molecule has 0 saturated heterocycles. The molecule has 2 N–H and O–H groups in total. The zero-order chi connectivity index (χ0) is 18.1. The standard InChI is InChI=1S/C13H9ClFNO.C4H9NO2/c1-8-2-3-12(14)13(16-8)10-4-9(7-17)5-11(15)6-10;1-5-3-2-4(6)7/h2-7H,1H3;5H,2-3H2,1H3,(H,6,7). The van der Waals surface area contributed by atoms with E-state index in [9.17, 15) is 14.0 Å². The van der Waals surface area contributed by atoms with Crippen molar-refractivity contribution < 1.29 is 19.1 Å². The molecule has 128 valence electrons. The minimum Gasteiger partial charge on any atom is -0.481 e. The summed E-state index contributed by atoms with van der Waals surface area (Å²) in [6, 6.07) is 7.50. The Kier molecular flexibility index (Phi) is 8.01. The maximum Gasteiger partial charge on any atom is 0.304 e. The third-order valence-electron chi connectivity index (χ3n) is 2.90. The molecule has 0 atom stereocenters. The van der Waals surface area contributed by atoms with Crippen molar-refractivity contribution in [1.82, 2.24) is 10.3 Å². The fourth-order valence-electron chi connectivity index (χ4n) is 1.79. The summed E-state index contributed by atoms with van der Waals surface area (Å²) in [7, 11) is 1.73. The smallest absolute Gasteiger partial charge is 0.304 e. The van der Waals surface area contributed by atoms with Crippen molar-refractivity contribution in [2.75, 3.05) is 13.6 Å². The number of hydrogen-bond donors (Lipinski definition) is 2. The molecule has 1 aromatic carbocycles. The largest absolute Gasteiger partial charge is 0.481 e. The maximum atomic E-state index is 13.3. The number of halogens is 2. The number of nitrogens with zero attached hydrogens (tertiary/aromatic N) is 1. The molecule has 0 unspecified atom stereocenters. The van der Waals surface area contributed by atoms with Gasteiger partial charge < -0.3 is 10.4 Å². The summed E-state index contributed by atoms with van der Waals surface area (Å²) in [6.45, 7) is 2.37. The summed E-state index contributed by atoms with van der Waals surface area (Å²) >= 11 is 6.01. The average Bonchev–Trinajstić information content (AvgIpc) is 2.55. The molecule has 0 fully saturated rings. The second-order valence-electron chi connectivity index (χ2n) is 4.92. The molecule has 5 nitrogen and oxygen atoms in total. The summed E-state index contributed by atoms with van der Waals surface area (Å²) in [5, 5.41) is 11.2. The molecule has 0 amide bonds. The van der Waals surface area contributed by atoms with E-state index in [4.69, 9.17) is 16.7 Å². The molecule has 2 rings (SSSR count). The number of carboxylic acid groups (broad SMARTS) is 1. The normalized spacial score (nSPS) is 9.83. The molecule has 0 bridgehead atoms. The van der Waals surface area contributed by atoms with E-state index in [0.29, 0.717) is 29.1 Å². The molecule has 0 radical (unpaired) electrons. The van der Waals surface area contributed by atoms with Gasteiger partial charge in [-0.1, -0.05) is 11.6 Å². The fourth-order valence-corrected chi connectivity index (χ4v) is 2.01. The van der Waals surface area contributed by atoms with E-state index >= 15 is 0 Å². The predicted octanol–water partition coefficient (Wildman–Crippen LogP) is 3.34. The Morgan fingerprint density at radius 1 is 1.38 bits per heavy atom. The highest BCUT2D eigenvalue weighted by molar-refractivity contribution is 6.33. The SMILES string of the molecule is CNCCC(=O)O.Cc1ccc(Cl)c(-c2cc(F)cc(C=O)c2)n1. The zero-order valence-electron chi connectivity index (χ0n) is 13.3. The number of carboxylic acids is 1. The van der Waals surface area contributed by atoms with E-state index in [1.54, 1.807) is 25.2 Å². The van der Waals surface area contributed by atoms with E-state index in [1.807, 2.05) is 6.92 Å². The molecule has 2 aromatic rings. The lowest BCUT2D eigenvalue weighted by Gasteiger charge is -2.05. The van der Waals surface area contributed by atoms with E-state index in [0.717, 1.165) is 5.69 Å². The summed E-state index contributed by atoms with van der Waals surface area (Å²) in [5.74, 6) is -1.24. The zero-order valence-corrected chi connectivity index (χ0v) is 14.1. The highest BCUT2D eigenvalue weighted by Gasteiger charge is 2.08. The average molecular weight is 353 g/mol. The Morgan fingerprint density at radius 2 is 2.08 bits per heavy atom. The van der Waals surface area contributed by atoms with Crippen LogP contribution in [0.5, 0.6) is 0 Å². The van der Waals surface area contributed by atoms with Crippen LogP contribution in [0.25, 0.3) is 11.3 Å². The van der Waals surface area contributed by atoms with Crippen LogP contribution in [0, 0.1) is 12.7 Å². The number of aliphatic carboxylic acids is 1. The lowest BCUT2D eigenvalue weighted by Crippen LogP contribution is -2.11. The van der Waals surface area contributed by atoms with E-state index in [-0.39, 0.29) is 12.0 Å². The Bertz CT molecular complexity index is 723. The minimum absolute atomic E-state index is 0.205. The van der Waals surface area contributed by atoms with Gasteiger partial charge in [-0.05, 0) is 44.3 Å². The molecule has 7 heteroatoms. The van der Waals surface area contributed by atoms with Crippen molar-refractivity contribution in [3.05, 3.63) is 52.4 Å². The van der Waals surface area contributed by atoms with E-state index < -0.39 is 11.8 Å². The number of nitrogens with one attached hydrogen (secondary N) is 1. The molecule has 0 aliphatic carbocycles. The fraction of sp³-hybridized carbons (Fsp3) is 0.235. The molecular formula is C17H18ClFN2O3. The summed E-state index contributed by atoms with van der Waals surface area (Å²) < 4.78 is 13.3. The minimum atomic E-state index is -0.755. The van der Waals surface area contributed by atoms with Gasteiger partial charge in [0.1, 0.15) is 12.1 Å². The van der Waals surface area contributed by atoms with Crippen LogP contribution in [0.15, 0.2) is 30.3 Å².